The van der Waals surface area contributed by atoms with Crippen molar-refractivity contribution in [2.45, 2.75) is 32.2 Å². The van der Waals surface area contributed by atoms with Crippen molar-refractivity contribution < 1.29 is 9.53 Å². The first-order valence-electron chi connectivity index (χ1n) is 8.97. The van der Waals surface area contributed by atoms with Crippen LogP contribution < -0.4 is 10.2 Å². The summed E-state index contributed by atoms with van der Waals surface area (Å²) < 4.78 is 5.42. The number of pyridine rings is 1. The molecule has 4 rings (SSSR count). The number of fused-ring (bicyclic) bond motifs is 1. The van der Waals surface area contributed by atoms with E-state index in [1.165, 1.54) is 23.3 Å². The summed E-state index contributed by atoms with van der Waals surface area (Å²) in [6.07, 6.45) is 6.40. The van der Waals surface area contributed by atoms with Crippen LogP contribution in [-0.2, 0) is 24.1 Å². The maximum atomic E-state index is 12.7. The van der Waals surface area contributed by atoms with E-state index in [9.17, 15) is 4.79 Å². The van der Waals surface area contributed by atoms with Crippen LogP contribution in [0.5, 0.6) is 0 Å². The van der Waals surface area contributed by atoms with Crippen LogP contribution in [0.2, 0.25) is 0 Å². The molecule has 25 heavy (non-hydrogen) atoms. The lowest BCUT2D eigenvalue weighted by atomic mass is 9.95. The zero-order valence-corrected chi connectivity index (χ0v) is 15.1. The van der Waals surface area contributed by atoms with Gasteiger partial charge in [-0.15, -0.1) is 11.3 Å². The topological polar surface area (TPSA) is 54.5 Å². The smallest absolute Gasteiger partial charge is 0.252 e. The van der Waals surface area contributed by atoms with Crippen molar-refractivity contribution in [3.8, 4) is 0 Å². The Balaban J connectivity index is 1.46. The maximum Gasteiger partial charge on any atom is 0.252 e. The number of nitrogens with one attached hydrogen (secondary N) is 1. The first-order valence-corrected chi connectivity index (χ1v) is 9.85. The predicted octanol–water partition coefficient (Wildman–Crippen LogP) is 2.79. The molecule has 1 aliphatic heterocycles. The van der Waals surface area contributed by atoms with E-state index >= 15 is 0 Å². The van der Waals surface area contributed by atoms with Gasteiger partial charge in [0.25, 0.3) is 5.91 Å². The lowest BCUT2D eigenvalue weighted by Gasteiger charge is -2.29. The number of carbonyl (C=O) groups is 1. The minimum atomic E-state index is 0.0381. The van der Waals surface area contributed by atoms with Crippen LogP contribution in [0.15, 0.2) is 23.7 Å². The number of hydrogen-bond donors (Lipinski definition) is 1. The number of aromatic nitrogens is 1. The van der Waals surface area contributed by atoms with Gasteiger partial charge < -0.3 is 15.0 Å². The van der Waals surface area contributed by atoms with E-state index in [4.69, 9.17) is 4.74 Å². The van der Waals surface area contributed by atoms with Gasteiger partial charge in [0.15, 0.2) is 0 Å². The zero-order chi connectivity index (χ0) is 17.1. The van der Waals surface area contributed by atoms with Crippen molar-refractivity contribution in [2.75, 3.05) is 31.2 Å². The van der Waals surface area contributed by atoms with Gasteiger partial charge in [-0.05, 0) is 37.3 Å². The molecular formula is C19H23N3O2S. The van der Waals surface area contributed by atoms with Crippen LogP contribution in [0.3, 0.4) is 0 Å². The molecule has 3 heterocycles. The molecule has 132 valence electrons. The summed E-state index contributed by atoms with van der Waals surface area (Å²) >= 11 is 1.73. The molecule has 1 amide bonds. The normalized spacial score (nSPS) is 17.2. The number of anilines is 1. The van der Waals surface area contributed by atoms with Crippen molar-refractivity contribution >= 4 is 23.1 Å². The highest BCUT2D eigenvalue weighted by atomic mass is 32.1. The molecule has 0 saturated carbocycles. The Morgan fingerprint density at radius 3 is 3.00 bits per heavy atom. The quantitative estimate of drug-likeness (QED) is 0.914. The molecule has 0 atom stereocenters. The molecule has 2 aromatic heterocycles. The molecule has 0 radical (unpaired) electrons. The number of morpholine rings is 1. The van der Waals surface area contributed by atoms with Gasteiger partial charge in [0.05, 0.1) is 18.8 Å². The van der Waals surface area contributed by atoms with Crippen LogP contribution in [0.4, 0.5) is 5.82 Å². The highest BCUT2D eigenvalue weighted by Gasteiger charge is 2.21. The van der Waals surface area contributed by atoms with Crippen molar-refractivity contribution in [3.63, 3.8) is 0 Å². The van der Waals surface area contributed by atoms with Crippen LogP contribution in [0, 0.1) is 0 Å². The average Bonchev–Trinajstić information content (AvgIpc) is 3.11. The van der Waals surface area contributed by atoms with Crippen LogP contribution in [0.1, 0.15) is 39.2 Å². The van der Waals surface area contributed by atoms with E-state index in [1.807, 2.05) is 23.7 Å². The summed E-state index contributed by atoms with van der Waals surface area (Å²) in [7, 11) is 0. The van der Waals surface area contributed by atoms with E-state index in [-0.39, 0.29) is 5.91 Å². The molecule has 1 N–H and O–H groups in total. The minimum absolute atomic E-state index is 0.0381. The molecular weight excluding hydrogens is 334 g/mol. The van der Waals surface area contributed by atoms with Gasteiger partial charge in [0, 0.05) is 41.7 Å². The second-order valence-electron chi connectivity index (χ2n) is 6.53. The monoisotopic (exact) mass is 357 g/mol. The maximum absolute atomic E-state index is 12.7. The van der Waals surface area contributed by atoms with E-state index in [0.29, 0.717) is 6.54 Å². The third kappa shape index (κ3) is 3.55. The molecule has 1 saturated heterocycles. The summed E-state index contributed by atoms with van der Waals surface area (Å²) in [5.41, 5.74) is 3.20. The molecule has 0 unspecified atom stereocenters. The fourth-order valence-corrected chi connectivity index (χ4v) is 4.71. The highest BCUT2D eigenvalue weighted by Crippen LogP contribution is 2.30. The first-order chi connectivity index (χ1) is 12.3. The minimum Gasteiger partial charge on any atom is -0.378 e. The second kappa shape index (κ2) is 7.54. The third-order valence-corrected chi connectivity index (χ3v) is 6.01. The highest BCUT2D eigenvalue weighted by molar-refractivity contribution is 7.10. The standard InChI is InChI=1S/C19H23N3O2S/c23-19(16-13-25-17-6-2-1-5-15(16)17)21-12-14-4-3-7-20-18(14)22-8-10-24-11-9-22/h3-4,7,13H,1-2,5-6,8-12H2,(H,21,23). The van der Waals surface area contributed by atoms with E-state index in [0.717, 1.165) is 56.1 Å². The van der Waals surface area contributed by atoms with Crippen molar-refractivity contribution in [1.29, 1.82) is 0 Å². The second-order valence-corrected chi connectivity index (χ2v) is 7.49. The van der Waals surface area contributed by atoms with Crippen molar-refractivity contribution in [3.05, 3.63) is 45.3 Å². The van der Waals surface area contributed by atoms with Gasteiger partial charge in [0.2, 0.25) is 0 Å². The number of hydrogen-bond acceptors (Lipinski definition) is 5. The Kier molecular flexibility index (Phi) is 4.99. The summed E-state index contributed by atoms with van der Waals surface area (Å²) in [6, 6.07) is 3.97. The van der Waals surface area contributed by atoms with Gasteiger partial charge in [-0.25, -0.2) is 4.98 Å². The van der Waals surface area contributed by atoms with Gasteiger partial charge >= 0.3 is 0 Å². The predicted molar refractivity (Wildman–Crippen MR) is 99.4 cm³/mol. The van der Waals surface area contributed by atoms with Gasteiger partial charge in [-0.3, -0.25) is 4.79 Å². The van der Waals surface area contributed by atoms with Crippen molar-refractivity contribution in [1.82, 2.24) is 10.3 Å². The van der Waals surface area contributed by atoms with Gasteiger partial charge in [-0.2, -0.15) is 0 Å². The summed E-state index contributed by atoms with van der Waals surface area (Å²) in [5, 5.41) is 5.13. The molecule has 0 bridgehead atoms. The molecule has 2 aromatic rings. The third-order valence-electron chi connectivity index (χ3n) is 4.92. The van der Waals surface area contributed by atoms with Gasteiger partial charge in [-0.1, -0.05) is 6.07 Å². The summed E-state index contributed by atoms with van der Waals surface area (Å²) in [5.74, 6) is 0.995. The van der Waals surface area contributed by atoms with E-state index in [1.54, 1.807) is 11.3 Å². The van der Waals surface area contributed by atoms with Crippen LogP contribution in [-0.4, -0.2) is 37.2 Å². The number of ether oxygens (including phenoxy) is 1. The molecule has 0 spiro atoms. The Hall–Kier alpha value is -1.92. The van der Waals surface area contributed by atoms with Gasteiger partial charge in [0.1, 0.15) is 5.82 Å². The molecule has 2 aliphatic rings. The Labute approximate surface area is 152 Å². The number of nitrogens with zero attached hydrogens (tertiary/aromatic N) is 2. The number of carbonyl (C=O) groups excluding carboxylic acids is 1. The van der Waals surface area contributed by atoms with Crippen LogP contribution in [0.25, 0.3) is 0 Å². The largest absolute Gasteiger partial charge is 0.378 e. The zero-order valence-electron chi connectivity index (χ0n) is 14.3. The summed E-state index contributed by atoms with van der Waals surface area (Å²) in [6.45, 7) is 3.64. The number of aryl methyl sites for hydroxylation is 1. The molecule has 0 aromatic carbocycles. The average molecular weight is 357 g/mol. The fourth-order valence-electron chi connectivity index (χ4n) is 3.58. The first kappa shape index (κ1) is 16.5. The fraction of sp³-hybridized carbons (Fsp3) is 0.474. The number of amides is 1. The number of rotatable bonds is 4. The van der Waals surface area contributed by atoms with E-state index in [2.05, 4.69) is 15.2 Å². The lowest BCUT2D eigenvalue weighted by molar-refractivity contribution is 0.0950. The molecule has 5 nitrogen and oxygen atoms in total. The Morgan fingerprint density at radius 1 is 1.28 bits per heavy atom. The Bertz CT molecular complexity index is 753. The SMILES string of the molecule is O=C(NCc1cccnc1N1CCOCC1)c1csc2c1CCCC2. The molecule has 1 fully saturated rings. The van der Waals surface area contributed by atoms with Crippen LogP contribution >= 0.6 is 11.3 Å². The molecule has 1 aliphatic carbocycles. The van der Waals surface area contributed by atoms with Crippen molar-refractivity contribution in [2.24, 2.45) is 0 Å². The Morgan fingerprint density at radius 2 is 2.12 bits per heavy atom. The lowest BCUT2D eigenvalue weighted by Crippen LogP contribution is -2.37. The summed E-state index contributed by atoms with van der Waals surface area (Å²) in [4.78, 5) is 20.8. The number of thiophene rings is 1. The molecule has 6 heteroatoms. The van der Waals surface area contributed by atoms with E-state index < -0.39 is 0 Å².